The number of nitrogens with zero attached hydrogens (tertiary/aromatic N) is 2. The van der Waals surface area contributed by atoms with Gasteiger partial charge >= 0.3 is 0 Å². The Kier molecular flexibility index (Phi) is 4.36. The third kappa shape index (κ3) is 3.10. The molecule has 0 aliphatic heterocycles. The lowest BCUT2D eigenvalue weighted by atomic mass is 10.1. The first-order chi connectivity index (χ1) is 8.70. The summed E-state index contributed by atoms with van der Waals surface area (Å²) in [5, 5.41) is 11.1. The molecule has 0 radical (unpaired) electrons. The van der Waals surface area contributed by atoms with E-state index in [1.165, 1.54) is 0 Å². The van der Waals surface area contributed by atoms with E-state index in [9.17, 15) is 0 Å². The van der Waals surface area contributed by atoms with Gasteiger partial charge in [0.25, 0.3) is 0 Å². The third-order valence-electron chi connectivity index (χ3n) is 2.53. The van der Waals surface area contributed by atoms with Crippen molar-refractivity contribution < 1.29 is 0 Å². The van der Waals surface area contributed by atoms with Crippen LogP contribution in [0.5, 0.6) is 0 Å². The van der Waals surface area contributed by atoms with E-state index in [0.29, 0.717) is 29.1 Å². The molecule has 1 heterocycles. The zero-order valence-electron chi connectivity index (χ0n) is 9.53. The Balaban J connectivity index is 2.14. The van der Waals surface area contributed by atoms with Gasteiger partial charge in [0, 0.05) is 19.2 Å². The van der Waals surface area contributed by atoms with Crippen LogP contribution in [0.4, 0.5) is 5.69 Å². The first-order valence-corrected chi connectivity index (χ1v) is 6.15. The van der Waals surface area contributed by atoms with Crippen LogP contribution in [-0.2, 0) is 13.1 Å². The minimum Gasteiger partial charge on any atom is -0.378 e. The van der Waals surface area contributed by atoms with Gasteiger partial charge in [-0.15, -0.1) is 10.2 Å². The molecule has 0 spiro atoms. The number of halogens is 2. The highest BCUT2D eigenvalue weighted by Crippen LogP contribution is 2.22. The number of benzene rings is 1. The van der Waals surface area contributed by atoms with Crippen LogP contribution >= 0.6 is 23.2 Å². The molecular weight excluding hydrogens is 271 g/mol. The van der Waals surface area contributed by atoms with Gasteiger partial charge in [0.15, 0.2) is 10.3 Å². The van der Waals surface area contributed by atoms with Crippen molar-refractivity contribution in [2.24, 2.45) is 5.73 Å². The van der Waals surface area contributed by atoms with Crippen LogP contribution in [0.2, 0.25) is 10.3 Å². The lowest BCUT2D eigenvalue weighted by Crippen LogP contribution is -2.07. The lowest BCUT2D eigenvalue weighted by Gasteiger charge is -2.10. The van der Waals surface area contributed by atoms with Crippen molar-refractivity contribution in [2.75, 3.05) is 5.32 Å². The summed E-state index contributed by atoms with van der Waals surface area (Å²) < 4.78 is 0. The van der Waals surface area contributed by atoms with Crippen LogP contribution in [0.3, 0.4) is 0 Å². The molecule has 2 rings (SSSR count). The summed E-state index contributed by atoms with van der Waals surface area (Å²) in [7, 11) is 0. The topological polar surface area (TPSA) is 63.8 Å². The van der Waals surface area contributed by atoms with Crippen LogP contribution in [0.1, 0.15) is 11.1 Å². The predicted molar refractivity (Wildman–Crippen MR) is 73.7 cm³/mol. The smallest absolute Gasteiger partial charge is 0.174 e. The van der Waals surface area contributed by atoms with Crippen LogP contribution in [0, 0.1) is 0 Å². The quantitative estimate of drug-likeness (QED) is 0.905. The van der Waals surface area contributed by atoms with Crippen molar-refractivity contribution in [3.05, 3.63) is 51.8 Å². The zero-order chi connectivity index (χ0) is 13.0. The standard InChI is InChI=1S/C12H12Cl2N4/c13-11-5-10(12(14)18-17-11)16-7-9-4-2-1-3-8(9)6-15/h1-5H,6-7,15H2,(H,16,17). The van der Waals surface area contributed by atoms with E-state index in [-0.39, 0.29) is 0 Å². The molecule has 1 aromatic carbocycles. The van der Waals surface area contributed by atoms with Crippen molar-refractivity contribution in [3.63, 3.8) is 0 Å². The van der Waals surface area contributed by atoms with E-state index in [1.54, 1.807) is 6.07 Å². The zero-order valence-corrected chi connectivity index (χ0v) is 11.0. The number of hydrogen-bond donors (Lipinski definition) is 2. The summed E-state index contributed by atoms with van der Waals surface area (Å²) in [6.45, 7) is 1.11. The van der Waals surface area contributed by atoms with Gasteiger partial charge in [-0.1, -0.05) is 47.5 Å². The monoisotopic (exact) mass is 282 g/mol. The summed E-state index contributed by atoms with van der Waals surface area (Å²) in [6.07, 6.45) is 0. The average Bonchev–Trinajstić information content (AvgIpc) is 2.40. The van der Waals surface area contributed by atoms with E-state index in [4.69, 9.17) is 28.9 Å². The molecule has 4 nitrogen and oxygen atoms in total. The first-order valence-electron chi connectivity index (χ1n) is 5.40. The summed E-state index contributed by atoms with van der Waals surface area (Å²) in [5.74, 6) is 0. The van der Waals surface area contributed by atoms with Crippen molar-refractivity contribution in [2.45, 2.75) is 13.1 Å². The molecule has 0 aliphatic carbocycles. The van der Waals surface area contributed by atoms with Crippen molar-refractivity contribution in [1.29, 1.82) is 0 Å². The molecule has 1 aromatic heterocycles. The van der Waals surface area contributed by atoms with E-state index in [1.807, 2.05) is 24.3 Å². The molecular formula is C12H12Cl2N4. The number of aromatic nitrogens is 2. The molecule has 0 saturated carbocycles. The normalized spacial score (nSPS) is 10.4. The molecule has 6 heteroatoms. The molecule has 2 aromatic rings. The highest BCUT2D eigenvalue weighted by Gasteiger charge is 2.05. The Hall–Kier alpha value is -1.36. The van der Waals surface area contributed by atoms with Gasteiger partial charge in [0.2, 0.25) is 0 Å². The van der Waals surface area contributed by atoms with Gasteiger partial charge in [0.1, 0.15) is 0 Å². The molecule has 0 atom stereocenters. The van der Waals surface area contributed by atoms with Gasteiger partial charge in [-0.2, -0.15) is 0 Å². The number of rotatable bonds is 4. The van der Waals surface area contributed by atoms with Crippen molar-refractivity contribution in [3.8, 4) is 0 Å². The fraction of sp³-hybridized carbons (Fsp3) is 0.167. The summed E-state index contributed by atoms with van der Waals surface area (Å²) in [5.41, 5.74) is 8.54. The van der Waals surface area contributed by atoms with Crippen molar-refractivity contribution >= 4 is 28.9 Å². The summed E-state index contributed by atoms with van der Waals surface area (Å²) in [4.78, 5) is 0. The maximum atomic E-state index is 5.92. The lowest BCUT2D eigenvalue weighted by molar-refractivity contribution is 0.994. The molecule has 94 valence electrons. The van der Waals surface area contributed by atoms with Crippen LogP contribution in [0.25, 0.3) is 0 Å². The maximum Gasteiger partial charge on any atom is 0.174 e. The molecule has 18 heavy (non-hydrogen) atoms. The number of nitrogens with one attached hydrogen (secondary N) is 1. The minimum absolute atomic E-state index is 0.296. The van der Waals surface area contributed by atoms with Gasteiger partial charge in [-0.05, 0) is 11.1 Å². The molecule has 0 fully saturated rings. The van der Waals surface area contributed by atoms with E-state index in [2.05, 4.69) is 15.5 Å². The second-order valence-corrected chi connectivity index (χ2v) is 4.44. The molecule has 0 aliphatic rings. The van der Waals surface area contributed by atoms with Gasteiger partial charge in [-0.3, -0.25) is 0 Å². The Bertz CT molecular complexity index is 545. The van der Waals surface area contributed by atoms with E-state index >= 15 is 0 Å². The highest BCUT2D eigenvalue weighted by atomic mass is 35.5. The SMILES string of the molecule is NCc1ccccc1CNc1cc(Cl)nnc1Cl. The fourth-order valence-corrected chi connectivity index (χ4v) is 1.90. The molecule has 0 unspecified atom stereocenters. The maximum absolute atomic E-state index is 5.92. The van der Waals surface area contributed by atoms with Crippen molar-refractivity contribution in [1.82, 2.24) is 10.2 Å². The van der Waals surface area contributed by atoms with Gasteiger partial charge in [-0.25, -0.2) is 0 Å². The molecule has 3 N–H and O–H groups in total. The van der Waals surface area contributed by atoms with E-state index < -0.39 is 0 Å². The van der Waals surface area contributed by atoms with E-state index in [0.717, 1.165) is 11.1 Å². The first kappa shape index (κ1) is 13.1. The second kappa shape index (κ2) is 6.00. The fourth-order valence-electron chi connectivity index (χ4n) is 1.60. The molecule has 0 bridgehead atoms. The average molecular weight is 283 g/mol. The highest BCUT2D eigenvalue weighted by molar-refractivity contribution is 6.33. The number of nitrogens with two attached hydrogens (primary N) is 1. The number of anilines is 1. The molecule has 0 amide bonds. The van der Waals surface area contributed by atoms with Crippen LogP contribution in [-0.4, -0.2) is 10.2 Å². The van der Waals surface area contributed by atoms with Gasteiger partial charge < -0.3 is 11.1 Å². The van der Waals surface area contributed by atoms with Crippen LogP contribution < -0.4 is 11.1 Å². The largest absolute Gasteiger partial charge is 0.378 e. The summed E-state index contributed by atoms with van der Waals surface area (Å²) >= 11 is 11.7. The number of hydrogen-bond acceptors (Lipinski definition) is 4. The van der Waals surface area contributed by atoms with Crippen LogP contribution in [0.15, 0.2) is 30.3 Å². The Labute approximate surface area is 115 Å². The Morgan fingerprint density at radius 3 is 2.56 bits per heavy atom. The predicted octanol–water partition coefficient (Wildman–Crippen LogP) is 2.85. The summed E-state index contributed by atoms with van der Waals surface area (Å²) in [6, 6.07) is 9.58. The Morgan fingerprint density at radius 1 is 1.11 bits per heavy atom. The minimum atomic E-state index is 0.296. The molecule has 0 saturated heterocycles. The third-order valence-corrected chi connectivity index (χ3v) is 2.99. The second-order valence-electron chi connectivity index (χ2n) is 3.70. The van der Waals surface area contributed by atoms with Gasteiger partial charge in [0.05, 0.1) is 5.69 Å². The Morgan fingerprint density at radius 2 is 1.83 bits per heavy atom.